The van der Waals surface area contributed by atoms with Gasteiger partial charge < -0.3 is 0 Å². The normalized spacial score (nSPS) is 12.1. The third kappa shape index (κ3) is 2.22. The zero-order chi connectivity index (χ0) is 9.90. The Balaban J connectivity index is 3.17. The number of nitrogens with two attached hydrogens (primary N) is 1. The van der Waals surface area contributed by atoms with Crippen molar-refractivity contribution >= 4 is 10.0 Å². The number of benzene rings is 1. The molecule has 1 aromatic rings. The summed E-state index contributed by atoms with van der Waals surface area (Å²) < 4.78 is 36.4. The van der Waals surface area contributed by atoms with E-state index in [1.54, 1.807) is 4.52 Å². The Morgan fingerprint density at radius 2 is 1.85 bits per heavy atom. The van der Waals surface area contributed by atoms with Crippen LogP contribution in [0.2, 0.25) is 0 Å². The number of nitrogens with zero attached hydrogens (tertiary/aromatic N) is 1. The van der Waals surface area contributed by atoms with Crippen LogP contribution in [0.4, 0.5) is 4.39 Å². The van der Waals surface area contributed by atoms with Crippen molar-refractivity contribution in [1.29, 1.82) is 0 Å². The summed E-state index contributed by atoms with van der Waals surface area (Å²) in [6, 6.07) is 4.29. The molecule has 7 heteroatoms. The fraction of sp³-hybridized carbons (Fsp3) is 0. The zero-order valence-corrected chi connectivity index (χ0v) is 7.25. The fourth-order valence-corrected chi connectivity index (χ4v) is 1.47. The van der Waals surface area contributed by atoms with Gasteiger partial charge >= 0.3 is 10.0 Å². The Kier molecular flexibility index (Phi) is 2.57. The first-order chi connectivity index (χ1) is 6.06. The van der Waals surface area contributed by atoms with Crippen molar-refractivity contribution in [3.63, 3.8) is 0 Å². The van der Waals surface area contributed by atoms with Gasteiger partial charge in [0, 0.05) is 0 Å². The van der Waals surface area contributed by atoms with Crippen LogP contribution < -0.4 is 10.4 Å². The van der Waals surface area contributed by atoms with Gasteiger partial charge in [-0.05, 0) is 24.3 Å². The van der Waals surface area contributed by atoms with Crippen molar-refractivity contribution in [1.82, 2.24) is 0 Å². The second-order valence-electron chi connectivity index (χ2n) is 2.18. The van der Waals surface area contributed by atoms with Gasteiger partial charge in [0.15, 0.2) is 0 Å². The number of halogens is 1. The summed E-state index contributed by atoms with van der Waals surface area (Å²) in [5, 5.41) is 2.77. The molecule has 0 aliphatic heterocycles. The highest BCUT2D eigenvalue weighted by Gasteiger charge is 2.14. The standard InChI is InChI=1S/C6H6FN3O2S/c7-5-1-3-6(4-2-5)13(11,12)10-9-8/h1-4H,(H2,8,10)/p+1. The molecule has 0 unspecified atom stereocenters. The van der Waals surface area contributed by atoms with Crippen LogP contribution in [-0.4, -0.2) is 8.42 Å². The molecule has 1 rings (SSSR count). The van der Waals surface area contributed by atoms with Crippen molar-refractivity contribution in [2.45, 2.75) is 4.90 Å². The predicted molar refractivity (Wildman–Crippen MR) is 41.2 cm³/mol. The summed E-state index contributed by atoms with van der Waals surface area (Å²) >= 11 is 0. The molecule has 0 aliphatic carbocycles. The summed E-state index contributed by atoms with van der Waals surface area (Å²) in [6.45, 7) is 0. The van der Waals surface area contributed by atoms with Crippen LogP contribution in [0.1, 0.15) is 0 Å². The van der Waals surface area contributed by atoms with Crippen LogP contribution in [0.25, 0.3) is 0 Å². The third-order valence-corrected chi connectivity index (χ3v) is 2.54. The molecule has 0 saturated carbocycles. The minimum Gasteiger partial charge on any atom is -0.207 e. The molecule has 13 heavy (non-hydrogen) atoms. The SMILES string of the molecule is NN=[NH+]S(=O)(=O)c1ccc(F)cc1. The van der Waals surface area contributed by atoms with E-state index in [1.165, 1.54) is 0 Å². The van der Waals surface area contributed by atoms with Crippen LogP contribution in [0, 0.1) is 5.82 Å². The van der Waals surface area contributed by atoms with Crippen LogP contribution in [0.5, 0.6) is 0 Å². The maximum absolute atomic E-state index is 12.4. The molecular weight excluding hydrogens is 197 g/mol. The van der Waals surface area contributed by atoms with Crippen molar-refractivity contribution in [3.05, 3.63) is 30.1 Å². The predicted octanol–water partition coefficient (Wildman–Crippen LogP) is -1.08. The molecule has 0 heterocycles. The minimum absolute atomic E-state index is 0.0944. The summed E-state index contributed by atoms with van der Waals surface area (Å²) in [7, 11) is -3.74. The topological polar surface area (TPSA) is 86.5 Å². The Hall–Kier alpha value is -1.50. The lowest BCUT2D eigenvalue weighted by molar-refractivity contribution is -0.361. The van der Waals surface area contributed by atoms with E-state index in [2.05, 4.69) is 11.1 Å². The van der Waals surface area contributed by atoms with E-state index in [4.69, 9.17) is 0 Å². The van der Waals surface area contributed by atoms with E-state index < -0.39 is 15.8 Å². The van der Waals surface area contributed by atoms with Gasteiger partial charge in [-0.1, -0.05) is 4.52 Å². The molecule has 0 aromatic heterocycles. The first-order valence-corrected chi connectivity index (χ1v) is 4.72. The average molecular weight is 204 g/mol. The Labute approximate surface area is 74.1 Å². The Bertz CT molecular complexity index is 412. The minimum atomic E-state index is -3.74. The maximum Gasteiger partial charge on any atom is 0.347 e. The fourth-order valence-electron chi connectivity index (χ4n) is 0.736. The first-order valence-electron chi connectivity index (χ1n) is 3.23. The van der Waals surface area contributed by atoms with Gasteiger partial charge in [0.1, 0.15) is 10.7 Å². The van der Waals surface area contributed by atoms with Crippen molar-refractivity contribution in [3.8, 4) is 0 Å². The summed E-state index contributed by atoms with van der Waals surface area (Å²) in [4.78, 5) is -0.0944. The van der Waals surface area contributed by atoms with Crippen LogP contribution in [0.3, 0.4) is 0 Å². The van der Waals surface area contributed by atoms with E-state index >= 15 is 0 Å². The molecule has 5 nitrogen and oxygen atoms in total. The largest absolute Gasteiger partial charge is 0.347 e. The van der Waals surface area contributed by atoms with Gasteiger partial charge in [-0.15, -0.1) is 0 Å². The highest BCUT2D eigenvalue weighted by Crippen LogP contribution is 2.05. The second-order valence-corrected chi connectivity index (χ2v) is 3.84. The molecule has 70 valence electrons. The van der Waals surface area contributed by atoms with E-state index in [0.717, 1.165) is 24.3 Å². The molecule has 0 amide bonds. The Morgan fingerprint density at radius 3 is 2.31 bits per heavy atom. The summed E-state index contributed by atoms with van der Waals surface area (Å²) in [5.41, 5.74) is 0. The number of nitrogens with one attached hydrogen (secondary N) is 1. The molecule has 3 N–H and O–H groups in total. The van der Waals surface area contributed by atoms with Gasteiger partial charge in [0.2, 0.25) is 0 Å². The smallest absolute Gasteiger partial charge is 0.207 e. The molecule has 0 aliphatic rings. The monoisotopic (exact) mass is 204 g/mol. The third-order valence-electron chi connectivity index (χ3n) is 1.30. The zero-order valence-electron chi connectivity index (χ0n) is 6.44. The molecule has 0 atom stereocenters. The molecule has 0 bridgehead atoms. The molecule has 0 fully saturated rings. The van der Waals surface area contributed by atoms with Gasteiger partial charge in [-0.3, -0.25) is 0 Å². The lowest BCUT2D eigenvalue weighted by atomic mass is 10.4. The highest BCUT2D eigenvalue weighted by molar-refractivity contribution is 7.84. The first kappa shape index (κ1) is 9.59. The Morgan fingerprint density at radius 1 is 1.31 bits per heavy atom. The summed E-state index contributed by atoms with van der Waals surface area (Å²) in [6.07, 6.45) is 0. The van der Waals surface area contributed by atoms with Crippen molar-refractivity contribution in [2.24, 2.45) is 11.1 Å². The summed E-state index contributed by atoms with van der Waals surface area (Å²) in [5.74, 6) is 4.13. The van der Waals surface area contributed by atoms with Gasteiger partial charge in [0.05, 0.1) is 5.22 Å². The quantitative estimate of drug-likeness (QED) is 0.365. The van der Waals surface area contributed by atoms with E-state index in [9.17, 15) is 12.8 Å². The number of rotatable bonds is 2. The van der Waals surface area contributed by atoms with Gasteiger partial charge in [-0.25, -0.2) is 4.39 Å². The lowest BCUT2D eigenvalue weighted by Gasteiger charge is -1.93. The number of hydrogen-bond donors (Lipinski definition) is 2. The van der Waals surface area contributed by atoms with E-state index in [-0.39, 0.29) is 4.90 Å². The molecule has 0 saturated heterocycles. The van der Waals surface area contributed by atoms with Crippen LogP contribution in [-0.2, 0) is 10.0 Å². The molecule has 1 aromatic carbocycles. The highest BCUT2D eigenvalue weighted by atomic mass is 32.2. The number of hydrogen-bond acceptors (Lipinski definition) is 3. The van der Waals surface area contributed by atoms with Gasteiger partial charge in [-0.2, -0.15) is 14.3 Å². The molecule has 0 radical (unpaired) electrons. The second kappa shape index (κ2) is 3.48. The number of sulfonamides is 1. The van der Waals surface area contributed by atoms with Crippen LogP contribution >= 0.6 is 0 Å². The maximum atomic E-state index is 12.4. The van der Waals surface area contributed by atoms with Crippen molar-refractivity contribution in [2.75, 3.05) is 0 Å². The molecular formula is C6H7FN3O2S+. The van der Waals surface area contributed by atoms with E-state index in [0.29, 0.717) is 0 Å². The van der Waals surface area contributed by atoms with Crippen molar-refractivity contribution < 1.29 is 17.3 Å². The molecule has 0 spiro atoms. The van der Waals surface area contributed by atoms with Gasteiger partial charge in [0.25, 0.3) is 0 Å². The van der Waals surface area contributed by atoms with Crippen LogP contribution in [0.15, 0.2) is 34.4 Å². The van der Waals surface area contributed by atoms with E-state index in [1.807, 2.05) is 0 Å². The lowest BCUT2D eigenvalue weighted by Crippen LogP contribution is -2.70. The average Bonchev–Trinajstić information content (AvgIpc) is 2.05.